The SMILES string of the molecule is Cc1c(C)c2c(c(C)c1O)CCC(C)(C(=O)Oc1c(C)c(C)c3c(c1C)CC[C@@](C)(CCC[C@H](C)CCC[C@H](C)CCCC(C)C)O3)O2. The van der Waals surface area contributed by atoms with Crippen LogP contribution in [0.5, 0.6) is 23.0 Å². The second-order valence-electron chi connectivity index (χ2n) is 16.7. The third-order valence-electron chi connectivity index (χ3n) is 12.0. The van der Waals surface area contributed by atoms with E-state index >= 15 is 0 Å². The van der Waals surface area contributed by atoms with Crippen molar-refractivity contribution in [2.75, 3.05) is 0 Å². The zero-order chi connectivity index (χ0) is 35.6. The molecule has 0 aromatic heterocycles. The number of hydrogen-bond acceptors (Lipinski definition) is 5. The number of esters is 1. The first kappa shape index (κ1) is 38.1. The quantitative estimate of drug-likeness (QED) is 0.161. The predicted molar refractivity (Wildman–Crippen MR) is 198 cm³/mol. The topological polar surface area (TPSA) is 65.0 Å². The summed E-state index contributed by atoms with van der Waals surface area (Å²) in [6, 6.07) is 0. The van der Waals surface area contributed by atoms with Gasteiger partial charge >= 0.3 is 5.97 Å². The van der Waals surface area contributed by atoms with Gasteiger partial charge in [0, 0.05) is 17.5 Å². The van der Waals surface area contributed by atoms with Gasteiger partial charge in [0.05, 0.1) is 0 Å². The van der Waals surface area contributed by atoms with E-state index in [0.717, 1.165) is 87.3 Å². The number of phenolic OH excluding ortho intramolecular Hbond substituents is 1. The zero-order valence-electron chi connectivity index (χ0n) is 32.5. The van der Waals surface area contributed by atoms with Crippen LogP contribution in [-0.4, -0.2) is 22.3 Å². The predicted octanol–water partition coefficient (Wildman–Crippen LogP) is 11.5. The molecule has 1 N–H and O–H groups in total. The monoisotopic (exact) mass is 662 g/mol. The van der Waals surface area contributed by atoms with Gasteiger partial charge in [-0.25, -0.2) is 4.79 Å². The smallest absolute Gasteiger partial charge is 0.355 e. The average molecular weight is 663 g/mol. The van der Waals surface area contributed by atoms with Crippen molar-refractivity contribution in [2.24, 2.45) is 17.8 Å². The molecule has 0 fully saturated rings. The zero-order valence-corrected chi connectivity index (χ0v) is 32.5. The summed E-state index contributed by atoms with van der Waals surface area (Å²) in [6.07, 6.45) is 14.6. The van der Waals surface area contributed by atoms with Gasteiger partial charge in [-0.2, -0.15) is 0 Å². The van der Waals surface area contributed by atoms with Crippen LogP contribution in [0.4, 0.5) is 0 Å². The van der Waals surface area contributed by atoms with Crippen LogP contribution in [0.15, 0.2) is 0 Å². The lowest BCUT2D eigenvalue weighted by molar-refractivity contribution is -0.152. The van der Waals surface area contributed by atoms with E-state index in [1.165, 1.54) is 51.4 Å². The standard InChI is InChI=1S/C43H66O5/c1-26(2)16-13-17-27(3)18-14-19-28(4)20-15-23-42(11)24-21-36-34(10)38(31(7)32(8)39(36)47-42)46-41(45)43(12)25-22-35-33(9)37(44)29(5)30(6)40(35)48-43/h26-28,44H,13-25H2,1-12H3/t27-,28-,42-,43?/m1/s1. The number of carbonyl (C=O) groups excluding carboxylic acids is 1. The Labute approximate surface area is 292 Å². The number of fused-ring (bicyclic) bond motifs is 2. The fourth-order valence-corrected chi connectivity index (χ4v) is 8.01. The average Bonchev–Trinajstić information content (AvgIpc) is 3.03. The van der Waals surface area contributed by atoms with Crippen molar-refractivity contribution in [1.29, 1.82) is 0 Å². The summed E-state index contributed by atoms with van der Waals surface area (Å²) in [5.41, 5.74) is 6.32. The molecule has 2 aromatic rings. The van der Waals surface area contributed by atoms with Crippen LogP contribution in [0.2, 0.25) is 0 Å². The fourth-order valence-electron chi connectivity index (χ4n) is 8.01. The van der Waals surface area contributed by atoms with E-state index in [1.54, 1.807) is 0 Å². The third kappa shape index (κ3) is 8.36. The number of benzene rings is 2. The molecule has 0 amide bonds. The Kier molecular flexibility index (Phi) is 12.3. The van der Waals surface area contributed by atoms with Crippen molar-refractivity contribution in [3.63, 3.8) is 0 Å². The number of ether oxygens (including phenoxy) is 3. The molecule has 2 heterocycles. The molecule has 5 heteroatoms. The van der Waals surface area contributed by atoms with E-state index < -0.39 is 5.60 Å². The maximum absolute atomic E-state index is 13.8. The van der Waals surface area contributed by atoms with Gasteiger partial charge in [0.2, 0.25) is 5.60 Å². The van der Waals surface area contributed by atoms with E-state index in [-0.39, 0.29) is 11.6 Å². The molecule has 48 heavy (non-hydrogen) atoms. The van der Waals surface area contributed by atoms with Crippen LogP contribution in [0.3, 0.4) is 0 Å². The highest BCUT2D eigenvalue weighted by Gasteiger charge is 2.43. The van der Waals surface area contributed by atoms with Crippen LogP contribution in [0.25, 0.3) is 0 Å². The van der Waals surface area contributed by atoms with E-state index in [4.69, 9.17) is 14.2 Å². The molecule has 0 spiro atoms. The van der Waals surface area contributed by atoms with Crippen LogP contribution >= 0.6 is 0 Å². The second kappa shape index (κ2) is 15.5. The summed E-state index contributed by atoms with van der Waals surface area (Å²) in [4.78, 5) is 13.8. The number of aromatic hydroxyl groups is 1. The molecule has 0 radical (unpaired) electrons. The number of rotatable bonds is 14. The minimum atomic E-state index is -1.12. The first-order valence-electron chi connectivity index (χ1n) is 19.0. The van der Waals surface area contributed by atoms with Gasteiger partial charge in [-0.05, 0) is 139 Å². The van der Waals surface area contributed by atoms with E-state index in [0.29, 0.717) is 30.1 Å². The van der Waals surface area contributed by atoms with Gasteiger partial charge in [-0.15, -0.1) is 0 Å². The van der Waals surface area contributed by atoms with Gasteiger partial charge in [-0.1, -0.05) is 72.6 Å². The lowest BCUT2D eigenvalue weighted by Gasteiger charge is -2.39. The molecule has 2 aliphatic heterocycles. The first-order chi connectivity index (χ1) is 22.5. The molecule has 2 aliphatic rings. The van der Waals surface area contributed by atoms with Crippen molar-refractivity contribution in [1.82, 2.24) is 0 Å². The molecule has 0 bridgehead atoms. The molecule has 268 valence electrons. The van der Waals surface area contributed by atoms with E-state index in [1.807, 2.05) is 34.6 Å². The first-order valence-corrected chi connectivity index (χ1v) is 19.0. The van der Waals surface area contributed by atoms with Gasteiger partial charge in [0.25, 0.3) is 0 Å². The van der Waals surface area contributed by atoms with Crippen LogP contribution in [0.1, 0.15) is 157 Å². The molecule has 4 rings (SSSR count). The maximum atomic E-state index is 13.8. The highest BCUT2D eigenvalue weighted by Crippen LogP contribution is 2.47. The van der Waals surface area contributed by atoms with E-state index in [2.05, 4.69) is 48.5 Å². The normalized spacial score (nSPS) is 21.6. The van der Waals surface area contributed by atoms with Crippen molar-refractivity contribution >= 4 is 5.97 Å². The molecule has 0 aliphatic carbocycles. The maximum Gasteiger partial charge on any atom is 0.355 e. The lowest BCUT2D eigenvalue weighted by atomic mass is 9.83. The summed E-state index contributed by atoms with van der Waals surface area (Å²) in [6.45, 7) is 25.6. The molecule has 5 nitrogen and oxygen atoms in total. The van der Waals surface area contributed by atoms with Crippen LogP contribution < -0.4 is 14.2 Å². The van der Waals surface area contributed by atoms with Gasteiger partial charge in [0.15, 0.2) is 0 Å². The highest BCUT2D eigenvalue weighted by atomic mass is 16.6. The second-order valence-corrected chi connectivity index (χ2v) is 16.7. The minimum absolute atomic E-state index is 0.182. The van der Waals surface area contributed by atoms with Crippen LogP contribution in [0, 0.1) is 59.3 Å². The Morgan fingerprint density at radius 1 is 0.688 bits per heavy atom. The summed E-state index contributed by atoms with van der Waals surface area (Å²) in [7, 11) is 0. The summed E-state index contributed by atoms with van der Waals surface area (Å²) in [5, 5.41) is 10.6. The lowest BCUT2D eigenvalue weighted by Crippen LogP contribution is -2.47. The molecule has 1 unspecified atom stereocenters. The summed E-state index contributed by atoms with van der Waals surface area (Å²) >= 11 is 0. The van der Waals surface area contributed by atoms with Crippen molar-refractivity contribution < 1.29 is 24.1 Å². The number of hydrogen-bond donors (Lipinski definition) is 1. The summed E-state index contributed by atoms with van der Waals surface area (Å²) < 4.78 is 19.6. The molecule has 0 saturated carbocycles. The molecular formula is C43H66O5. The van der Waals surface area contributed by atoms with Gasteiger partial charge in [0.1, 0.15) is 28.6 Å². The van der Waals surface area contributed by atoms with Gasteiger partial charge < -0.3 is 19.3 Å². The Morgan fingerprint density at radius 2 is 1.21 bits per heavy atom. The fraction of sp³-hybridized carbons (Fsp3) is 0.698. The molecule has 0 saturated heterocycles. The number of carbonyl (C=O) groups is 1. The van der Waals surface area contributed by atoms with Gasteiger partial charge in [-0.3, -0.25) is 0 Å². The van der Waals surface area contributed by atoms with Crippen LogP contribution in [-0.2, 0) is 17.6 Å². The molecular weight excluding hydrogens is 596 g/mol. The Balaban J connectivity index is 1.36. The Bertz CT molecular complexity index is 1470. The molecule has 4 atom stereocenters. The largest absolute Gasteiger partial charge is 0.507 e. The summed E-state index contributed by atoms with van der Waals surface area (Å²) in [5.74, 6) is 4.68. The van der Waals surface area contributed by atoms with Crippen molar-refractivity contribution in [2.45, 2.75) is 178 Å². The molecule has 2 aromatic carbocycles. The minimum Gasteiger partial charge on any atom is -0.507 e. The van der Waals surface area contributed by atoms with Crippen molar-refractivity contribution in [3.8, 4) is 23.0 Å². The third-order valence-corrected chi connectivity index (χ3v) is 12.0. The Morgan fingerprint density at radius 3 is 1.83 bits per heavy atom. The van der Waals surface area contributed by atoms with Crippen molar-refractivity contribution in [3.05, 3.63) is 44.5 Å². The highest BCUT2D eigenvalue weighted by molar-refractivity contribution is 5.83. The Hall–Kier alpha value is -2.69. The number of phenols is 1. The van der Waals surface area contributed by atoms with E-state index in [9.17, 15) is 9.90 Å².